The summed E-state index contributed by atoms with van der Waals surface area (Å²) in [6.45, 7) is 19.5. The number of unbranched alkanes of at least 4 members (excludes halogenated alkanes) is 2. The molecule has 2 aromatic carbocycles. The molecule has 2 aromatic rings. The van der Waals surface area contributed by atoms with E-state index in [0.29, 0.717) is 14.5 Å². The summed E-state index contributed by atoms with van der Waals surface area (Å²) in [4.78, 5) is 0. The van der Waals surface area contributed by atoms with Gasteiger partial charge < -0.3 is 0 Å². The van der Waals surface area contributed by atoms with Gasteiger partial charge in [0.05, 0.1) is 0 Å². The molecule has 0 radical (unpaired) electrons. The van der Waals surface area contributed by atoms with Gasteiger partial charge in [-0.25, -0.2) is 0 Å². The Kier molecular flexibility index (Phi) is 6.73. The number of benzene rings is 2. The first-order valence-corrected chi connectivity index (χ1v) is 84.2. The van der Waals surface area contributed by atoms with Gasteiger partial charge in [0, 0.05) is 0 Å². The standard InChI is InChI=1S/C19H25.C18H23.2C5H5.14CH3.2Hf/c1-4-5-6-7-14-8-9-15-10-16-12-19(2,3)13-17(16)11-18(14)15;1-17(2,3)16-7-6-12-8-13-10-18(4,5)11-14(13)9-15(12)16;2*1-2-4-5-3-1;;;;;;;;;;;;;;;;/h8-11H,4-7,12-13H2,1-3H3;6-9H,10-11H2,1-5H3;2*1-5H;14*1H3;;. The van der Waals surface area contributed by atoms with E-state index in [1.807, 2.05) is 0 Å². The van der Waals surface area contributed by atoms with Gasteiger partial charge in [0.2, 0.25) is 0 Å². The van der Waals surface area contributed by atoms with Crippen molar-refractivity contribution >= 4 is 12.2 Å². The van der Waals surface area contributed by atoms with Crippen LogP contribution in [0.2, 0.25) is 72.9 Å². The molecule has 6 aliphatic carbocycles. The third kappa shape index (κ3) is 6.18. The molecule has 2 heteroatoms. The molecule has 0 aromatic heterocycles. The van der Waals surface area contributed by atoms with E-state index in [9.17, 15) is 0 Å². The molecule has 2 unspecified atom stereocenters. The molecule has 63 heavy (non-hydrogen) atoms. The summed E-state index contributed by atoms with van der Waals surface area (Å²) < 4.78 is 39.2. The molecular weight excluding hydrogens is 1090 g/mol. The zero-order chi connectivity index (χ0) is 47.9. The normalized spacial score (nSPS) is 31.6. The van der Waals surface area contributed by atoms with Crippen LogP contribution in [0.25, 0.3) is 12.2 Å². The second kappa shape index (κ2) is 8.56. The molecule has 8 rings (SSSR count). The van der Waals surface area contributed by atoms with Crippen molar-refractivity contribution in [1.82, 2.24) is 0 Å². The Morgan fingerprint density at radius 2 is 0.952 bits per heavy atom. The second-order valence-corrected chi connectivity index (χ2v) is 281. The van der Waals surface area contributed by atoms with Crippen molar-refractivity contribution in [3.63, 3.8) is 0 Å². The van der Waals surface area contributed by atoms with Crippen molar-refractivity contribution in [3.8, 4) is 0 Å². The minimum atomic E-state index is -6.81. The van der Waals surface area contributed by atoms with E-state index in [4.69, 9.17) is 0 Å². The molecule has 2 atom stereocenters. The van der Waals surface area contributed by atoms with E-state index in [2.05, 4.69) is 218 Å². The summed E-state index contributed by atoms with van der Waals surface area (Å²) in [7, 11) is -6.81. The van der Waals surface area contributed by atoms with E-state index in [1.165, 1.54) is 68.1 Å². The Hall–Kier alpha value is -1.38. The summed E-state index contributed by atoms with van der Waals surface area (Å²) in [6, 6.07) is 10.4. The number of hydrogen-bond donors (Lipinski definition) is 0. The molecule has 0 fully saturated rings. The van der Waals surface area contributed by atoms with Crippen molar-refractivity contribution in [2.75, 3.05) is 0 Å². The molecule has 0 heterocycles. The van der Waals surface area contributed by atoms with Crippen LogP contribution in [0.1, 0.15) is 126 Å². The quantitative estimate of drug-likeness (QED) is 0.183. The van der Waals surface area contributed by atoms with Gasteiger partial charge in [-0.05, 0) is 0 Å². The third-order valence-electron chi connectivity index (χ3n) is 22.5. The minimum absolute atomic E-state index is 0.0601. The van der Waals surface area contributed by atoms with Gasteiger partial charge in [-0.2, -0.15) is 0 Å². The van der Waals surface area contributed by atoms with Crippen LogP contribution in [0, 0.1) is 16.2 Å². The molecule has 0 N–H and O–H groups in total. The van der Waals surface area contributed by atoms with E-state index in [0.717, 1.165) is 0 Å². The summed E-state index contributed by atoms with van der Waals surface area (Å²) in [5.41, 5.74) is 13.2. The summed E-state index contributed by atoms with van der Waals surface area (Å²) in [5, 5.41) is 0. The van der Waals surface area contributed by atoms with E-state index >= 15 is 0 Å². The Labute approximate surface area is 365 Å². The van der Waals surface area contributed by atoms with Crippen molar-refractivity contribution in [2.45, 2.75) is 186 Å². The van der Waals surface area contributed by atoms with E-state index < -0.39 is 25.3 Å². The third-order valence-corrected chi connectivity index (χ3v) is 113. The average molecular weight is 1190 g/mol. The fourth-order valence-electron chi connectivity index (χ4n) is 19.3. The van der Waals surface area contributed by atoms with Crippen LogP contribution in [-0.4, -0.2) is 0 Å². The Morgan fingerprint density at radius 1 is 0.556 bits per heavy atom. The van der Waals surface area contributed by atoms with Crippen LogP contribution in [-0.2, 0) is 57.3 Å². The Balaban J connectivity index is 0.000000190. The molecule has 6 aliphatic rings. The molecule has 0 bridgehead atoms. The van der Waals surface area contributed by atoms with Crippen LogP contribution in [0.4, 0.5) is 0 Å². The van der Waals surface area contributed by atoms with Gasteiger partial charge in [0.25, 0.3) is 0 Å². The summed E-state index contributed by atoms with van der Waals surface area (Å²) in [6.07, 6.45) is 39.6. The van der Waals surface area contributed by atoms with Gasteiger partial charge in [-0.1, -0.05) is 0 Å². The van der Waals surface area contributed by atoms with Crippen molar-refractivity contribution in [2.24, 2.45) is 16.2 Å². The monoisotopic (exact) mass is 1190 g/mol. The first-order valence-electron chi connectivity index (χ1n) is 26.2. The number of allylic oxidation sites excluding steroid dienone is 10. The van der Waals surface area contributed by atoms with E-state index in [-0.39, 0.29) is 15.4 Å². The van der Waals surface area contributed by atoms with Crippen molar-refractivity contribution < 1.29 is 25.3 Å². The maximum atomic E-state index is 2.76. The molecule has 0 nitrogen and oxygen atoms in total. The van der Waals surface area contributed by atoms with Crippen molar-refractivity contribution in [1.29, 1.82) is 0 Å². The van der Waals surface area contributed by atoms with Crippen molar-refractivity contribution in [3.05, 3.63) is 130 Å². The number of fused-ring (bicyclic) bond motifs is 4. The zero-order valence-corrected chi connectivity index (χ0v) is 52.7. The molecular formula is C61H100Hf2. The molecule has 0 saturated heterocycles. The van der Waals surface area contributed by atoms with Gasteiger partial charge in [-0.15, -0.1) is 0 Å². The fourth-order valence-corrected chi connectivity index (χ4v) is 103. The number of hydrogen-bond acceptors (Lipinski definition) is 0. The topological polar surface area (TPSA) is 0 Å². The first kappa shape index (κ1) is 49.5. The summed E-state index contributed by atoms with van der Waals surface area (Å²) in [5.74, 6) is 0. The van der Waals surface area contributed by atoms with Crippen LogP contribution in [0.3, 0.4) is 0 Å². The van der Waals surface area contributed by atoms with Gasteiger partial charge >= 0.3 is 369 Å². The SMILES string of the molecule is CC1(C)Cc2cc3c(cc2C1)[C](C(C)(C)C)([Hf]([CH3])([CH3])([CH3])([CH3])([CH3])([CH3])([CH3])([CH3])([CH3])[CH]1C=CC=C1)C=C3.CCCCC[C]1([Hf]([CH3])([CH3])([CH3])([CH3])([CH3])[CH]2C=CC=C2)C=Cc2cc3c(cc21)CC(C)(C)C3. The number of rotatable bonds is 8. The zero-order valence-electron chi connectivity index (χ0n) is 45.5. The van der Waals surface area contributed by atoms with E-state index in [1.54, 1.807) is 27.8 Å². The Bertz CT molecular complexity index is 2770. The van der Waals surface area contributed by atoms with Crippen LogP contribution in [0.5, 0.6) is 0 Å². The maximum absolute atomic E-state index is 6.81. The Morgan fingerprint density at radius 3 is 1.40 bits per heavy atom. The molecule has 0 saturated carbocycles. The molecule has 352 valence electrons. The molecule has 0 aliphatic heterocycles. The van der Waals surface area contributed by atoms with Crippen LogP contribution in [0.15, 0.2) is 85.0 Å². The van der Waals surface area contributed by atoms with Crippen LogP contribution >= 0.6 is 0 Å². The van der Waals surface area contributed by atoms with Gasteiger partial charge in [0.15, 0.2) is 0 Å². The molecule has 0 amide bonds. The second-order valence-electron chi connectivity index (χ2n) is 49.0. The molecule has 0 spiro atoms. The van der Waals surface area contributed by atoms with Gasteiger partial charge in [-0.3, -0.25) is 0 Å². The summed E-state index contributed by atoms with van der Waals surface area (Å²) >= 11 is -4.54. The van der Waals surface area contributed by atoms with Crippen LogP contribution < -0.4 is 0 Å². The average Bonchev–Trinajstić information content (AvgIpc) is 3.87. The fraction of sp³-hybridized carbons (Fsp3) is 0.607. The predicted octanol–water partition coefficient (Wildman–Crippen LogP) is 20.9. The first-order chi connectivity index (χ1) is 27.0. The predicted molar refractivity (Wildman–Crippen MR) is 286 cm³/mol. The van der Waals surface area contributed by atoms with Gasteiger partial charge in [0.1, 0.15) is 0 Å².